The molecule has 1 fully saturated rings. The fraction of sp³-hybridized carbons (Fsp3) is 0.538. The summed E-state index contributed by atoms with van der Waals surface area (Å²) in [6.45, 7) is -0.454. The molecule has 0 saturated carbocycles. The number of ether oxygens (including phenoxy) is 1. The number of aliphatic hydroxyl groups is 3. The molecule has 1 unspecified atom stereocenters. The first-order chi connectivity index (χ1) is 10.0. The summed E-state index contributed by atoms with van der Waals surface area (Å²) in [6, 6.07) is 1.15. The maximum Gasteiger partial charge on any atom is 0.333 e. The van der Waals surface area contributed by atoms with Gasteiger partial charge in [0, 0.05) is 25.2 Å². The van der Waals surface area contributed by atoms with Gasteiger partial charge in [0.25, 0.3) is 5.56 Å². The molecular formula is C13H16N2O6. The molecule has 0 bridgehead atoms. The lowest BCUT2D eigenvalue weighted by molar-refractivity contribution is -0.0556. The zero-order valence-electron chi connectivity index (χ0n) is 11.1. The molecule has 8 nitrogen and oxygen atoms in total. The van der Waals surface area contributed by atoms with Crippen LogP contribution in [0.3, 0.4) is 0 Å². The van der Waals surface area contributed by atoms with Crippen LogP contribution in [0, 0.1) is 12.3 Å². The summed E-state index contributed by atoms with van der Waals surface area (Å²) < 4.78 is 7.19. The molecule has 1 saturated heterocycles. The van der Waals surface area contributed by atoms with Gasteiger partial charge in [-0.1, -0.05) is 0 Å². The standard InChI is InChI=1S/C13H16N2O6/c1-2-3-5-14-9(17)4-6-15(13(14)20)12-11(19)10(18)8(7-16)21-12/h1,4,6,8,10-12,16,18-19H,3,5,7H2/t8-,10?,11+,12-/m1/s1. The number of aliphatic hydroxyl groups excluding tert-OH is 3. The summed E-state index contributed by atoms with van der Waals surface area (Å²) >= 11 is 0. The first-order valence-electron chi connectivity index (χ1n) is 6.39. The van der Waals surface area contributed by atoms with Crippen molar-refractivity contribution in [2.45, 2.75) is 37.5 Å². The van der Waals surface area contributed by atoms with Crippen molar-refractivity contribution in [2.24, 2.45) is 0 Å². The van der Waals surface area contributed by atoms with Crippen molar-refractivity contribution in [2.75, 3.05) is 6.61 Å². The van der Waals surface area contributed by atoms with Gasteiger partial charge >= 0.3 is 5.69 Å². The van der Waals surface area contributed by atoms with Crippen molar-refractivity contribution in [1.29, 1.82) is 0 Å². The summed E-state index contributed by atoms with van der Waals surface area (Å²) in [5.74, 6) is 2.33. The lowest BCUT2D eigenvalue weighted by Gasteiger charge is -2.18. The fourth-order valence-corrected chi connectivity index (χ4v) is 2.22. The lowest BCUT2D eigenvalue weighted by Crippen LogP contribution is -2.43. The predicted octanol–water partition coefficient (Wildman–Crippen LogP) is -2.36. The van der Waals surface area contributed by atoms with Crippen LogP contribution in [0.4, 0.5) is 0 Å². The van der Waals surface area contributed by atoms with E-state index in [1.807, 2.05) is 0 Å². The van der Waals surface area contributed by atoms with Crippen molar-refractivity contribution < 1.29 is 20.1 Å². The van der Waals surface area contributed by atoms with E-state index < -0.39 is 42.4 Å². The molecular weight excluding hydrogens is 280 g/mol. The highest BCUT2D eigenvalue weighted by Gasteiger charge is 2.43. The summed E-state index contributed by atoms with van der Waals surface area (Å²) in [5, 5.41) is 28.6. The van der Waals surface area contributed by atoms with E-state index in [9.17, 15) is 19.8 Å². The van der Waals surface area contributed by atoms with E-state index in [0.717, 1.165) is 15.2 Å². The highest BCUT2D eigenvalue weighted by Crippen LogP contribution is 2.27. The molecule has 0 amide bonds. The average molecular weight is 296 g/mol. The van der Waals surface area contributed by atoms with E-state index in [1.165, 1.54) is 6.20 Å². The van der Waals surface area contributed by atoms with Crippen LogP contribution >= 0.6 is 0 Å². The molecule has 1 aromatic heterocycles. The van der Waals surface area contributed by atoms with Gasteiger partial charge in [-0.2, -0.15) is 0 Å². The topological polar surface area (TPSA) is 114 Å². The van der Waals surface area contributed by atoms with Gasteiger partial charge in [0.05, 0.1) is 6.61 Å². The van der Waals surface area contributed by atoms with Gasteiger partial charge in [-0.15, -0.1) is 12.3 Å². The second-order valence-electron chi connectivity index (χ2n) is 4.68. The van der Waals surface area contributed by atoms with Gasteiger partial charge in [-0.25, -0.2) is 4.79 Å². The van der Waals surface area contributed by atoms with Crippen LogP contribution in [0.1, 0.15) is 12.6 Å². The van der Waals surface area contributed by atoms with Gasteiger partial charge in [-0.3, -0.25) is 13.9 Å². The molecule has 1 aliphatic rings. The Kier molecular flexibility index (Phi) is 4.59. The van der Waals surface area contributed by atoms with E-state index in [0.29, 0.717) is 0 Å². The first-order valence-corrected chi connectivity index (χ1v) is 6.39. The second kappa shape index (κ2) is 6.24. The van der Waals surface area contributed by atoms with Gasteiger partial charge in [0.1, 0.15) is 18.3 Å². The molecule has 0 spiro atoms. The van der Waals surface area contributed by atoms with Crippen molar-refractivity contribution >= 4 is 0 Å². The van der Waals surface area contributed by atoms with Crippen LogP contribution < -0.4 is 11.2 Å². The highest BCUT2D eigenvalue weighted by atomic mass is 16.6. The van der Waals surface area contributed by atoms with Crippen molar-refractivity contribution in [1.82, 2.24) is 9.13 Å². The molecule has 0 aliphatic carbocycles. The summed E-state index contributed by atoms with van der Waals surface area (Å²) in [7, 11) is 0. The molecule has 1 aromatic rings. The van der Waals surface area contributed by atoms with Crippen LogP contribution in [-0.2, 0) is 11.3 Å². The maximum atomic E-state index is 12.3. The first kappa shape index (κ1) is 15.5. The second-order valence-corrected chi connectivity index (χ2v) is 4.68. The van der Waals surface area contributed by atoms with Crippen LogP contribution in [0.15, 0.2) is 21.9 Å². The van der Waals surface area contributed by atoms with Crippen molar-refractivity contribution in [3.63, 3.8) is 0 Å². The SMILES string of the molecule is C#CCCn1c(=O)ccn([C@@H]2O[C@H](CO)C(O)[C@@H]2O)c1=O. The molecule has 2 rings (SSSR count). The van der Waals surface area contributed by atoms with E-state index in [-0.39, 0.29) is 13.0 Å². The molecule has 1 aliphatic heterocycles. The Morgan fingerprint density at radius 3 is 2.62 bits per heavy atom. The van der Waals surface area contributed by atoms with Gasteiger partial charge in [0.2, 0.25) is 0 Å². The number of terminal acetylenes is 1. The largest absolute Gasteiger partial charge is 0.394 e. The van der Waals surface area contributed by atoms with E-state index in [2.05, 4.69) is 5.92 Å². The average Bonchev–Trinajstić information content (AvgIpc) is 2.75. The highest BCUT2D eigenvalue weighted by molar-refractivity contribution is 4.95. The smallest absolute Gasteiger partial charge is 0.333 e. The van der Waals surface area contributed by atoms with Crippen molar-refractivity contribution in [3.8, 4) is 12.3 Å². The summed E-state index contributed by atoms with van der Waals surface area (Å²) in [4.78, 5) is 23.9. The summed E-state index contributed by atoms with van der Waals surface area (Å²) in [6.07, 6.45) is 1.61. The number of hydrogen-bond donors (Lipinski definition) is 3. The minimum atomic E-state index is -1.39. The fourth-order valence-electron chi connectivity index (χ4n) is 2.22. The molecule has 0 radical (unpaired) electrons. The Morgan fingerprint density at radius 2 is 2.05 bits per heavy atom. The Hall–Kier alpha value is -1.92. The number of hydrogen-bond acceptors (Lipinski definition) is 6. The molecule has 3 N–H and O–H groups in total. The third-order valence-corrected chi connectivity index (χ3v) is 3.37. The van der Waals surface area contributed by atoms with Crippen molar-refractivity contribution in [3.05, 3.63) is 33.1 Å². The van der Waals surface area contributed by atoms with Crippen LogP contribution in [0.25, 0.3) is 0 Å². The monoisotopic (exact) mass is 296 g/mol. The Bertz CT molecular complexity index is 658. The minimum absolute atomic E-state index is 0.0454. The molecule has 8 heteroatoms. The molecule has 4 atom stereocenters. The Labute approximate surface area is 119 Å². The zero-order valence-corrected chi connectivity index (χ0v) is 11.1. The van der Waals surface area contributed by atoms with Gasteiger partial charge in [-0.05, 0) is 0 Å². The van der Waals surface area contributed by atoms with E-state index in [4.69, 9.17) is 16.3 Å². The molecule has 0 aromatic carbocycles. The van der Waals surface area contributed by atoms with E-state index >= 15 is 0 Å². The Morgan fingerprint density at radius 1 is 1.33 bits per heavy atom. The van der Waals surface area contributed by atoms with E-state index in [1.54, 1.807) is 0 Å². The normalized spacial score (nSPS) is 28.5. The number of rotatable bonds is 4. The number of aromatic nitrogens is 2. The summed E-state index contributed by atoms with van der Waals surface area (Å²) in [5.41, 5.74) is -1.22. The van der Waals surface area contributed by atoms with Gasteiger partial charge in [0.15, 0.2) is 6.23 Å². The zero-order chi connectivity index (χ0) is 15.6. The minimum Gasteiger partial charge on any atom is -0.394 e. The lowest BCUT2D eigenvalue weighted by atomic mass is 10.1. The molecule has 114 valence electrons. The maximum absolute atomic E-state index is 12.3. The quantitative estimate of drug-likeness (QED) is 0.536. The predicted molar refractivity (Wildman–Crippen MR) is 71.4 cm³/mol. The molecule has 21 heavy (non-hydrogen) atoms. The third kappa shape index (κ3) is 2.77. The van der Waals surface area contributed by atoms with Gasteiger partial charge < -0.3 is 20.1 Å². The number of nitrogens with zero attached hydrogens (tertiary/aromatic N) is 2. The molecule has 2 heterocycles. The Balaban J connectivity index is 2.40. The van der Waals surface area contributed by atoms with Crippen LogP contribution in [0.5, 0.6) is 0 Å². The van der Waals surface area contributed by atoms with Crippen LogP contribution in [0.2, 0.25) is 0 Å². The van der Waals surface area contributed by atoms with Crippen LogP contribution in [-0.4, -0.2) is 49.4 Å². The third-order valence-electron chi connectivity index (χ3n) is 3.37.